The molecule has 0 aliphatic heterocycles. The van der Waals surface area contributed by atoms with Crippen LogP contribution in [0, 0.1) is 0 Å². The molecular weight excluding hydrogens is 340 g/mol. The predicted molar refractivity (Wildman–Crippen MR) is 98.6 cm³/mol. The van der Waals surface area contributed by atoms with Crippen molar-refractivity contribution in [3.63, 3.8) is 0 Å². The number of esters is 1. The summed E-state index contributed by atoms with van der Waals surface area (Å²) < 4.78 is 5.29. The van der Waals surface area contributed by atoms with Gasteiger partial charge in [-0.05, 0) is 44.5 Å². The molecule has 1 amide bonds. The molecule has 25 heavy (non-hydrogen) atoms. The van der Waals surface area contributed by atoms with E-state index in [4.69, 9.17) is 22.1 Å². The zero-order chi connectivity index (χ0) is 18.6. The van der Waals surface area contributed by atoms with Gasteiger partial charge in [0, 0.05) is 5.69 Å². The summed E-state index contributed by atoms with van der Waals surface area (Å²) in [6.45, 7) is 5.33. The maximum Gasteiger partial charge on any atom is 0.340 e. The zero-order valence-corrected chi connectivity index (χ0v) is 15.1. The van der Waals surface area contributed by atoms with Crippen LogP contribution in [-0.2, 0) is 9.53 Å². The van der Waals surface area contributed by atoms with Gasteiger partial charge in [0.25, 0.3) is 0 Å². The second-order valence-corrected chi connectivity index (χ2v) is 6.98. The average molecular weight is 361 g/mol. The molecule has 0 aliphatic rings. The third-order valence-electron chi connectivity index (χ3n) is 3.30. The number of carbonyl (C=O) groups excluding carboxylic acids is 2. The summed E-state index contributed by atoms with van der Waals surface area (Å²) in [5.74, 6) is -0.886. The van der Waals surface area contributed by atoms with Crippen LogP contribution in [0.15, 0.2) is 48.5 Å². The summed E-state index contributed by atoms with van der Waals surface area (Å²) in [7, 11) is 0. The Morgan fingerprint density at radius 1 is 1.12 bits per heavy atom. The molecule has 6 heteroatoms. The van der Waals surface area contributed by atoms with E-state index in [2.05, 4.69) is 5.32 Å². The fourth-order valence-corrected chi connectivity index (χ4v) is 2.38. The zero-order valence-electron chi connectivity index (χ0n) is 14.4. The number of nitrogens with one attached hydrogen (secondary N) is 1. The Labute approximate surface area is 152 Å². The van der Waals surface area contributed by atoms with E-state index in [0.29, 0.717) is 11.3 Å². The Morgan fingerprint density at radius 2 is 1.76 bits per heavy atom. The molecule has 0 fully saturated rings. The molecule has 0 aromatic heterocycles. The van der Waals surface area contributed by atoms with Crippen molar-refractivity contribution in [2.75, 3.05) is 5.32 Å². The smallest absolute Gasteiger partial charge is 0.340 e. The molecule has 0 saturated carbocycles. The van der Waals surface area contributed by atoms with E-state index in [0.717, 1.165) is 0 Å². The number of hydrogen-bond donors (Lipinski definition) is 2. The van der Waals surface area contributed by atoms with E-state index in [-0.39, 0.29) is 16.5 Å². The van der Waals surface area contributed by atoms with E-state index >= 15 is 0 Å². The van der Waals surface area contributed by atoms with Crippen LogP contribution in [-0.4, -0.2) is 17.5 Å². The van der Waals surface area contributed by atoms with Crippen LogP contribution in [0.1, 0.15) is 42.7 Å². The third kappa shape index (κ3) is 5.31. The van der Waals surface area contributed by atoms with Crippen molar-refractivity contribution >= 4 is 29.2 Å². The van der Waals surface area contributed by atoms with Crippen LogP contribution in [0.2, 0.25) is 5.02 Å². The molecule has 3 N–H and O–H groups in total. The minimum atomic E-state index is -0.800. The lowest BCUT2D eigenvalue weighted by atomic mass is 10.1. The van der Waals surface area contributed by atoms with E-state index in [9.17, 15) is 9.59 Å². The van der Waals surface area contributed by atoms with Crippen molar-refractivity contribution in [3.05, 3.63) is 64.7 Å². The maximum absolute atomic E-state index is 12.3. The van der Waals surface area contributed by atoms with E-state index < -0.39 is 17.6 Å². The number of ether oxygens (including phenoxy) is 1. The van der Waals surface area contributed by atoms with Gasteiger partial charge in [0.2, 0.25) is 5.91 Å². The first kappa shape index (κ1) is 19.0. The molecule has 0 unspecified atom stereocenters. The number of carbonyl (C=O) groups is 2. The summed E-state index contributed by atoms with van der Waals surface area (Å²) in [6.07, 6.45) is 0. The van der Waals surface area contributed by atoms with Gasteiger partial charge in [-0.25, -0.2) is 4.79 Å². The number of rotatable bonds is 4. The lowest BCUT2D eigenvalue weighted by molar-refractivity contribution is -0.117. The third-order valence-corrected chi connectivity index (χ3v) is 3.61. The fraction of sp³-hybridized carbons (Fsp3) is 0.263. The number of benzene rings is 2. The summed E-state index contributed by atoms with van der Waals surface area (Å²) in [5, 5.41) is 2.89. The summed E-state index contributed by atoms with van der Waals surface area (Å²) in [6, 6.07) is 12.8. The van der Waals surface area contributed by atoms with Crippen LogP contribution in [0.3, 0.4) is 0 Å². The van der Waals surface area contributed by atoms with Crippen LogP contribution >= 0.6 is 11.6 Å². The van der Waals surface area contributed by atoms with Gasteiger partial charge in [0.05, 0.1) is 10.6 Å². The summed E-state index contributed by atoms with van der Waals surface area (Å²) in [4.78, 5) is 24.4. The number of amides is 1. The lowest BCUT2D eigenvalue weighted by Gasteiger charge is -2.20. The Balaban J connectivity index is 2.10. The van der Waals surface area contributed by atoms with Gasteiger partial charge in [-0.1, -0.05) is 41.9 Å². The predicted octanol–water partition coefficient (Wildman–Crippen LogP) is 3.93. The molecule has 0 saturated heterocycles. The van der Waals surface area contributed by atoms with Gasteiger partial charge in [0.15, 0.2) is 0 Å². The van der Waals surface area contributed by atoms with E-state index in [1.165, 1.54) is 12.1 Å². The molecule has 2 aromatic carbocycles. The van der Waals surface area contributed by atoms with Crippen molar-refractivity contribution < 1.29 is 14.3 Å². The van der Waals surface area contributed by atoms with Crippen molar-refractivity contribution in [2.45, 2.75) is 32.4 Å². The van der Waals surface area contributed by atoms with Crippen molar-refractivity contribution in [3.8, 4) is 0 Å². The maximum atomic E-state index is 12.3. The fourth-order valence-electron chi connectivity index (χ4n) is 2.12. The first-order valence-electron chi connectivity index (χ1n) is 7.81. The van der Waals surface area contributed by atoms with Crippen LogP contribution in [0.5, 0.6) is 0 Å². The Bertz CT molecular complexity index is 770. The molecule has 0 aliphatic carbocycles. The van der Waals surface area contributed by atoms with Gasteiger partial charge in [-0.3, -0.25) is 4.79 Å². The van der Waals surface area contributed by atoms with Gasteiger partial charge in [0.1, 0.15) is 11.6 Å². The van der Waals surface area contributed by atoms with Crippen molar-refractivity contribution in [1.29, 1.82) is 0 Å². The SMILES string of the molecule is CC(C)(C)OC(=O)c1ccc(NC(=O)[C@@H](N)c2ccccc2)cc1Cl. The monoisotopic (exact) mass is 360 g/mol. The van der Waals surface area contributed by atoms with Crippen molar-refractivity contribution in [2.24, 2.45) is 5.73 Å². The molecule has 0 spiro atoms. The standard InChI is InChI=1S/C19H21ClN2O3/c1-19(2,3)25-18(24)14-10-9-13(11-15(14)20)22-17(23)16(21)12-7-5-4-6-8-12/h4-11,16H,21H2,1-3H3,(H,22,23)/t16-/m0/s1. The summed E-state index contributed by atoms with van der Waals surface area (Å²) >= 11 is 6.15. The molecule has 0 radical (unpaired) electrons. The minimum Gasteiger partial charge on any atom is -0.456 e. The van der Waals surface area contributed by atoms with Gasteiger partial charge in [-0.2, -0.15) is 0 Å². The molecule has 5 nitrogen and oxygen atoms in total. The highest BCUT2D eigenvalue weighted by Crippen LogP contribution is 2.24. The van der Waals surface area contributed by atoms with Gasteiger partial charge >= 0.3 is 5.97 Å². The van der Waals surface area contributed by atoms with Gasteiger partial charge in [-0.15, -0.1) is 0 Å². The topological polar surface area (TPSA) is 81.4 Å². The van der Waals surface area contributed by atoms with Crippen LogP contribution < -0.4 is 11.1 Å². The number of hydrogen-bond acceptors (Lipinski definition) is 4. The number of anilines is 1. The Hall–Kier alpha value is -2.37. The number of nitrogens with two attached hydrogens (primary N) is 1. The normalized spacial score (nSPS) is 12.4. The Kier molecular flexibility index (Phi) is 5.82. The Morgan fingerprint density at radius 3 is 2.32 bits per heavy atom. The molecule has 0 bridgehead atoms. The molecule has 2 aromatic rings. The minimum absolute atomic E-state index is 0.195. The highest BCUT2D eigenvalue weighted by molar-refractivity contribution is 6.34. The average Bonchev–Trinajstić information content (AvgIpc) is 2.53. The molecule has 132 valence electrons. The van der Waals surface area contributed by atoms with Crippen molar-refractivity contribution in [1.82, 2.24) is 0 Å². The first-order valence-corrected chi connectivity index (χ1v) is 8.19. The molecular formula is C19H21ClN2O3. The highest BCUT2D eigenvalue weighted by Gasteiger charge is 2.21. The quantitative estimate of drug-likeness (QED) is 0.809. The largest absolute Gasteiger partial charge is 0.456 e. The van der Waals surface area contributed by atoms with E-state index in [1.807, 2.05) is 18.2 Å². The van der Waals surface area contributed by atoms with E-state index in [1.54, 1.807) is 39.0 Å². The highest BCUT2D eigenvalue weighted by atomic mass is 35.5. The summed E-state index contributed by atoms with van der Waals surface area (Å²) in [5.41, 5.74) is 6.73. The number of halogens is 1. The molecule has 0 heterocycles. The lowest BCUT2D eigenvalue weighted by Crippen LogP contribution is -2.27. The second-order valence-electron chi connectivity index (χ2n) is 6.57. The molecule has 1 atom stereocenters. The second kappa shape index (κ2) is 7.68. The van der Waals surface area contributed by atoms with Gasteiger partial charge < -0.3 is 15.8 Å². The van der Waals surface area contributed by atoms with Crippen LogP contribution in [0.25, 0.3) is 0 Å². The molecule has 2 rings (SSSR count). The van der Waals surface area contributed by atoms with Crippen LogP contribution in [0.4, 0.5) is 5.69 Å². The first-order chi connectivity index (χ1) is 11.7.